The summed E-state index contributed by atoms with van der Waals surface area (Å²) in [6.07, 6.45) is 19.0. The van der Waals surface area contributed by atoms with Gasteiger partial charge in [0.2, 0.25) is 11.9 Å². The van der Waals surface area contributed by atoms with Crippen LogP contribution < -0.4 is 25.4 Å². The van der Waals surface area contributed by atoms with Gasteiger partial charge in [0.1, 0.15) is 35.2 Å². The van der Waals surface area contributed by atoms with Crippen LogP contribution in [0.1, 0.15) is 37.8 Å². The molecule has 0 amide bonds. The number of methoxy groups -OCH3 is 4. The molecule has 6 aromatic heterocycles. The maximum absolute atomic E-state index is 5.25. The van der Waals surface area contributed by atoms with Crippen molar-refractivity contribution in [3.63, 3.8) is 0 Å². The number of aromatic nitrogens is 12. The van der Waals surface area contributed by atoms with Crippen molar-refractivity contribution in [2.45, 2.75) is 37.8 Å². The lowest BCUT2D eigenvalue weighted by molar-refractivity contribution is 0.119. The highest BCUT2D eigenvalue weighted by Crippen LogP contribution is 2.26. The molecule has 2 aromatic carbocycles. The minimum atomic E-state index is 0. The molecule has 3 N–H and O–H groups in total. The standard InChI is InChI=1S/C23H28N8O2.C20H22N8O.C3H7BrO.ClH/c1-32-12-11-29-9-7-19(8-10-29)31-15-17(13-26-31)27-23-24-14-21-22(28-23)30(16-25-21)18-3-5-20(33-2)6-4-18;1-29-17-4-2-15(3-5-17)27-13-23-18-11-22-20(26-19(18)27)25-14-10-24-28(12-14)16-6-8-21-9-7-16;1-5-3-2-4;/h3-6,13-16,19H,7-12H2,1-2H3,(H,24,27,28);2-5,10-13,16,21H,6-9H2,1H3,(H,22,25,26);2-3H2,1H3;1H. The summed E-state index contributed by atoms with van der Waals surface area (Å²) in [5.41, 5.74) is 6.57. The van der Waals surface area contributed by atoms with Gasteiger partial charge in [-0.3, -0.25) is 18.5 Å². The largest absolute Gasteiger partial charge is 0.497 e. The second-order valence-electron chi connectivity index (χ2n) is 15.8. The molecule has 0 spiro atoms. The second kappa shape index (κ2) is 24.7. The second-order valence-corrected chi connectivity index (χ2v) is 16.6. The number of imidazole rings is 2. The maximum Gasteiger partial charge on any atom is 0.229 e. The van der Waals surface area contributed by atoms with E-state index in [2.05, 4.69) is 81.3 Å². The van der Waals surface area contributed by atoms with Crippen LogP contribution in [0.3, 0.4) is 0 Å². The van der Waals surface area contributed by atoms with E-state index in [-0.39, 0.29) is 12.4 Å². The summed E-state index contributed by atoms with van der Waals surface area (Å²) in [7, 11) is 6.74. The van der Waals surface area contributed by atoms with Crippen LogP contribution in [0.2, 0.25) is 0 Å². The number of halogens is 2. The highest BCUT2D eigenvalue weighted by Gasteiger charge is 2.21. The van der Waals surface area contributed by atoms with Crippen LogP contribution in [0.15, 0.2) is 98.4 Å². The number of nitrogens with one attached hydrogen (secondary N) is 3. The van der Waals surface area contributed by atoms with E-state index >= 15 is 0 Å². The van der Waals surface area contributed by atoms with Gasteiger partial charge in [-0.2, -0.15) is 20.2 Å². The Kier molecular flexibility index (Phi) is 18.0. The molecule has 0 unspecified atom stereocenters. The van der Waals surface area contributed by atoms with E-state index in [0.717, 1.165) is 134 Å². The van der Waals surface area contributed by atoms with Crippen molar-refractivity contribution in [2.75, 3.05) is 90.3 Å². The van der Waals surface area contributed by atoms with Crippen molar-refractivity contribution in [3.8, 4) is 22.9 Å². The van der Waals surface area contributed by atoms with E-state index in [9.17, 15) is 0 Å². The average molecular weight is 1010 g/mol. The molecule has 10 rings (SSSR count). The van der Waals surface area contributed by atoms with Gasteiger partial charge in [-0.1, -0.05) is 15.9 Å². The minimum absolute atomic E-state index is 0. The third-order valence-electron chi connectivity index (χ3n) is 11.5. The van der Waals surface area contributed by atoms with E-state index in [1.54, 1.807) is 53.5 Å². The predicted octanol–water partition coefficient (Wildman–Crippen LogP) is 7.19. The molecule has 22 heteroatoms. The molecule has 8 heterocycles. The number of alkyl halides is 1. The summed E-state index contributed by atoms with van der Waals surface area (Å²) in [6, 6.07) is 16.4. The first-order valence-corrected chi connectivity index (χ1v) is 23.4. The SMILES string of the molecule is COCCBr.COCCN1CCC(n2cc(Nc3ncc4ncn(-c5ccc(OC)cc5)c4n3)cn2)CC1.COc1ccc(-n2cnc3cnc(Nc4cnn(C5CCNCC5)c4)nc32)cc1.Cl. The van der Waals surface area contributed by atoms with Gasteiger partial charge in [-0.05, 0) is 87.3 Å². The Bertz CT molecular complexity index is 2750. The zero-order chi connectivity index (χ0) is 46.4. The van der Waals surface area contributed by atoms with Crippen molar-refractivity contribution in [1.29, 1.82) is 0 Å². The van der Waals surface area contributed by atoms with E-state index in [1.165, 1.54) is 0 Å². The number of fused-ring (bicyclic) bond motifs is 2. The molecule has 68 heavy (non-hydrogen) atoms. The highest BCUT2D eigenvalue weighted by molar-refractivity contribution is 9.09. The molecule has 2 fully saturated rings. The van der Waals surface area contributed by atoms with Crippen LogP contribution in [0.4, 0.5) is 23.3 Å². The summed E-state index contributed by atoms with van der Waals surface area (Å²) in [4.78, 5) is 29.5. The molecule has 2 aliphatic rings. The molecular formula is C46H58BrClN16O4. The number of likely N-dealkylation sites (tertiary alicyclic amines) is 1. The average Bonchev–Trinajstić information content (AvgIpc) is 4.22. The van der Waals surface area contributed by atoms with Crippen molar-refractivity contribution in [1.82, 2.24) is 68.8 Å². The summed E-state index contributed by atoms with van der Waals surface area (Å²) in [5, 5.41) is 20.0. The molecule has 0 saturated carbocycles. The predicted molar refractivity (Wildman–Crippen MR) is 268 cm³/mol. The number of nitrogens with zero attached hydrogens (tertiary/aromatic N) is 13. The van der Waals surface area contributed by atoms with Gasteiger partial charge in [0.25, 0.3) is 0 Å². The van der Waals surface area contributed by atoms with Crippen LogP contribution in [-0.4, -0.2) is 143 Å². The Balaban J connectivity index is 0.000000182. The summed E-state index contributed by atoms with van der Waals surface area (Å²) >= 11 is 3.18. The van der Waals surface area contributed by atoms with Crippen molar-refractivity contribution < 1.29 is 18.9 Å². The Hall–Kier alpha value is -6.23. The van der Waals surface area contributed by atoms with E-state index in [0.29, 0.717) is 24.0 Å². The first kappa shape index (κ1) is 49.7. The molecule has 0 bridgehead atoms. The molecular weight excluding hydrogens is 956 g/mol. The summed E-state index contributed by atoms with van der Waals surface area (Å²) < 4.78 is 28.3. The summed E-state index contributed by atoms with van der Waals surface area (Å²) in [6.45, 7) is 6.76. The van der Waals surface area contributed by atoms with Gasteiger partial charge < -0.3 is 39.8 Å². The number of benzene rings is 2. The van der Waals surface area contributed by atoms with E-state index in [4.69, 9.17) is 19.2 Å². The Morgan fingerprint density at radius 1 is 0.618 bits per heavy atom. The third-order valence-corrected chi connectivity index (χ3v) is 11.8. The van der Waals surface area contributed by atoms with Gasteiger partial charge in [0.15, 0.2) is 11.3 Å². The molecule has 2 saturated heterocycles. The first-order valence-electron chi connectivity index (χ1n) is 22.2. The van der Waals surface area contributed by atoms with Crippen LogP contribution >= 0.6 is 28.3 Å². The topological polar surface area (TPSA) is 199 Å². The fourth-order valence-corrected chi connectivity index (χ4v) is 8.17. The van der Waals surface area contributed by atoms with Gasteiger partial charge in [0, 0.05) is 63.0 Å². The summed E-state index contributed by atoms with van der Waals surface area (Å²) in [5.74, 6) is 2.63. The zero-order valence-corrected chi connectivity index (χ0v) is 41.0. The van der Waals surface area contributed by atoms with E-state index in [1.807, 2.05) is 87.1 Å². The molecule has 0 aliphatic carbocycles. The lowest BCUT2D eigenvalue weighted by Gasteiger charge is -2.31. The lowest BCUT2D eigenvalue weighted by atomic mass is 10.1. The molecule has 20 nitrogen and oxygen atoms in total. The van der Waals surface area contributed by atoms with Crippen molar-refractivity contribution >= 4 is 73.9 Å². The van der Waals surface area contributed by atoms with Crippen LogP contribution in [0.5, 0.6) is 11.5 Å². The number of anilines is 4. The molecule has 360 valence electrons. The quantitative estimate of drug-likeness (QED) is 0.0872. The molecule has 8 aromatic rings. The monoisotopic (exact) mass is 1010 g/mol. The van der Waals surface area contributed by atoms with Gasteiger partial charge in [-0.15, -0.1) is 12.4 Å². The fourth-order valence-electron chi connectivity index (χ4n) is 7.84. The smallest absolute Gasteiger partial charge is 0.229 e. The molecule has 2 aliphatic heterocycles. The number of ether oxygens (including phenoxy) is 4. The maximum atomic E-state index is 5.25. The number of hydrogen-bond donors (Lipinski definition) is 3. The van der Waals surface area contributed by atoms with Crippen LogP contribution in [0.25, 0.3) is 33.7 Å². The number of piperidine rings is 2. The highest BCUT2D eigenvalue weighted by atomic mass is 79.9. The third kappa shape index (κ3) is 12.6. The van der Waals surface area contributed by atoms with Crippen LogP contribution in [-0.2, 0) is 9.47 Å². The van der Waals surface area contributed by atoms with Gasteiger partial charge >= 0.3 is 0 Å². The zero-order valence-electron chi connectivity index (χ0n) is 38.6. The van der Waals surface area contributed by atoms with Gasteiger partial charge in [0.05, 0.1) is 75.7 Å². The number of rotatable bonds is 15. The Morgan fingerprint density at radius 3 is 1.51 bits per heavy atom. The number of hydrogen-bond acceptors (Lipinski definition) is 16. The fraction of sp³-hybridized carbons (Fsp3) is 0.391. The van der Waals surface area contributed by atoms with Gasteiger partial charge in [-0.25, -0.2) is 19.9 Å². The lowest BCUT2D eigenvalue weighted by Crippen LogP contribution is -2.36. The van der Waals surface area contributed by atoms with Crippen LogP contribution in [0, 0.1) is 0 Å². The molecule has 0 atom stereocenters. The van der Waals surface area contributed by atoms with E-state index < -0.39 is 0 Å². The first-order chi connectivity index (χ1) is 32.9. The molecule has 0 radical (unpaired) electrons. The minimum Gasteiger partial charge on any atom is -0.497 e. The Labute approximate surface area is 409 Å². The Morgan fingerprint density at radius 2 is 1.09 bits per heavy atom. The van der Waals surface area contributed by atoms with Crippen molar-refractivity contribution in [3.05, 3.63) is 98.4 Å². The van der Waals surface area contributed by atoms with Crippen molar-refractivity contribution in [2.24, 2.45) is 0 Å². The normalized spacial score (nSPS) is 14.4.